The first-order valence-corrected chi connectivity index (χ1v) is 9.74. The topological polar surface area (TPSA) is 0 Å². The molecule has 3 atom stereocenters. The minimum atomic E-state index is 0.684. The van der Waals surface area contributed by atoms with Gasteiger partial charge in [0.2, 0.25) is 0 Å². The Morgan fingerprint density at radius 2 is 1.42 bits per heavy atom. The van der Waals surface area contributed by atoms with Gasteiger partial charge < -0.3 is 0 Å². The molecule has 3 unspecified atom stereocenters. The van der Waals surface area contributed by atoms with Crippen molar-refractivity contribution in [1.29, 1.82) is 0 Å². The summed E-state index contributed by atoms with van der Waals surface area (Å²) in [6.07, 6.45) is 5.83. The van der Waals surface area contributed by atoms with Gasteiger partial charge in [-0.15, -0.1) is 25.7 Å². The summed E-state index contributed by atoms with van der Waals surface area (Å²) in [7, 11) is 3.42. The molecule has 0 aromatic rings. The molecular formula is C9H23P3. The van der Waals surface area contributed by atoms with Crippen LogP contribution in [0.3, 0.4) is 0 Å². The fraction of sp³-hybridized carbons (Fsp3) is 1.00. The molecule has 0 radical (unpaired) electrons. The van der Waals surface area contributed by atoms with Crippen LogP contribution in [-0.4, -0.2) is 38.5 Å². The maximum absolute atomic E-state index is 2.49. The Labute approximate surface area is 83.4 Å². The van der Waals surface area contributed by atoms with Gasteiger partial charge in [0, 0.05) is 0 Å². The van der Waals surface area contributed by atoms with Crippen molar-refractivity contribution in [1.82, 2.24) is 0 Å². The number of hydrogen-bond donors (Lipinski definition) is 0. The third-order valence-corrected chi connectivity index (χ3v) is 5.35. The first kappa shape index (κ1) is 13.3. The fourth-order valence-electron chi connectivity index (χ4n) is 1.52. The van der Waals surface area contributed by atoms with E-state index in [1.807, 2.05) is 0 Å². The van der Waals surface area contributed by atoms with E-state index in [4.69, 9.17) is 0 Å². The third kappa shape index (κ3) is 5.85. The van der Waals surface area contributed by atoms with E-state index in [1.54, 1.807) is 0 Å². The number of rotatable bonds is 7. The van der Waals surface area contributed by atoms with Crippen LogP contribution in [0, 0.1) is 5.41 Å². The molecule has 0 N–H and O–H groups in total. The molecule has 0 nitrogen and oxygen atoms in total. The fourth-order valence-corrected chi connectivity index (χ4v) is 4.93. The largest absolute Gasteiger partial charge is 0.125 e. The molecule has 74 valence electrons. The molecule has 0 bridgehead atoms. The van der Waals surface area contributed by atoms with Crippen LogP contribution in [0.15, 0.2) is 0 Å². The van der Waals surface area contributed by atoms with Gasteiger partial charge in [0.25, 0.3) is 0 Å². The predicted octanol–water partition coefficient (Wildman–Crippen LogP) is 3.31. The maximum atomic E-state index is 2.49. The lowest BCUT2D eigenvalue weighted by Crippen LogP contribution is -2.22. The minimum absolute atomic E-state index is 0.684. The Morgan fingerprint density at radius 1 is 0.917 bits per heavy atom. The van der Waals surface area contributed by atoms with E-state index >= 15 is 0 Å². The molecule has 0 aromatic carbocycles. The van der Waals surface area contributed by atoms with Gasteiger partial charge in [-0.25, -0.2) is 0 Å². The summed E-state index contributed by atoms with van der Waals surface area (Å²) >= 11 is 0. The van der Waals surface area contributed by atoms with E-state index in [0.717, 1.165) is 25.7 Å². The quantitative estimate of drug-likeness (QED) is 0.582. The zero-order valence-corrected chi connectivity index (χ0v) is 11.8. The molecule has 0 saturated heterocycles. The second-order valence-corrected chi connectivity index (χ2v) is 7.05. The summed E-state index contributed by atoms with van der Waals surface area (Å²) in [6.45, 7) is 9.49. The van der Waals surface area contributed by atoms with Gasteiger partial charge >= 0.3 is 0 Å². The van der Waals surface area contributed by atoms with Gasteiger partial charge in [0.15, 0.2) is 0 Å². The molecule has 0 spiro atoms. The maximum Gasteiger partial charge on any atom is -0.0249 e. The highest BCUT2D eigenvalue weighted by atomic mass is 31.1. The second-order valence-electron chi connectivity index (χ2n) is 3.72. The van der Waals surface area contributed by atoms with Crippen molar-refractivity contribution in [2.24, 2.45) is 5.41 Å². The van der Waals surface area contributed by atoms with Gasteiger partial charge in [0.05, 0.1) is 0 Å². The van der Waals surface area contributed by atoms with Crippen LogP contribution in [-0.2, 0) is 0 Å². The van der Waals surface area contributed by atoms with E-state index in [-0.39, 0.29) is 0 Å². The summed E-state index contributed by atoms with van der Waals surface area (Å²) in [6, 6.07) is 0. The van der Waals surface area contributed by atoms with Crippen molar-refractivity contribution in [2.45, 2.75) is 13.3 Å². The molecule has 3 heteroatoms. The first-order chi connectivity index (χ1) is 5.68. The molecule has 0 aromatic heterocycles. The monoisotopic (exact) mass is 224 g/mol. The number of hydrogen-bond acceptors (Lipinski definition) is 0. The summed E-state index contributed by atoms with van der Waals surface area (Å²) in [4.78, 5) is 0. The Morgan fingerprint density at radius 3 is 1.75 bits per heavy atom. The lowest BCUT2D eigenvalue weighted by molar-refractivity contribution is 0.419. The summed E-state index contributed by atoms with van der Waals surface area (Å²) in [5, 5.41) is 0. The molecule has 0 aliphatic carbocycles. The van der Waals surface area contributed by atoms with E-state index < -0.39 is 0 Å². The van der Waals surface area contributed by atoms with Gasteiger partial charge in [0.1, 0.15) is 0 Å². The van der Waals surface area contributed by atoms with Gasteiger partial charge in [-0.2, -0.15) is 0 Å². The first-order valence-electron chi connectivity index (χ1n) is 4.62. The molecule has 0 rings (SSSR count). The van der Waals surface area contributed by atoms with E-state index in [1.165, 1.54) is 24.9 Å². The molecule has 0 aliphatic heterocycles. The lowest BCUT2D eigenvalue weighted by atomic mass is 9.93. The van der Waals surface area contributed by atoms with Crippen molar-refractivity contribution in [3.63, 3.8) is 0 Å². The summed E-state index contributed by atoms with van der Waals surface area (Å²) in [5.41, 5.74) is 0.684. The van der Waals surface area contributed by atoms with Gasteiger partial charge in [-0.05, 0) is 50.3 Å². The van der Waals surface area contributed by atoms with Crippen LogP contribution < -0.4 is 0 Å². The molecule has 0 heterocycles. The second kappa shape index (κ2) is 7.67. The molecular weight excluding hydrogens is 201 g/mol. The predicted molar refractivity (Wildman–Crippen MR) is 70.0 cm³/mol. The molecule has 0 amide bonds. The van der Waals surface area contributed by atoms with E-state index in [0.29, 0.717) is 5.41 Å². The average Bonchev–Trinajstić information content (AvgIpc) is 2.02. The normalized spacial score (nSPS) is 19.0. The third-order valence-electron chi connectivity index (χ3n) is 2.19. The van der Waals surface area contributed by atoms with Crippen LogP contribution >= 0.6 is 25.7 Å². The van der Waals surface area contributed by atoms with Gasteiger partial charge in [-0.3, -0.25) is 0 Å². The zero-order chi connectivity index (χ0) is 9.45. The van der Waals surface area contributed by atoms with Crippen molar-refractivity contribution >= 4 is 25.7 Å². The lowest BCUT2D eigenvalue weighted by Gasteiger charge is -2.28. The highest BCUT2D eigenvalue weighted by Crippen LogP contribution is 2.34. The highest BCUT2D eigenvalue weighted by molar-refractivity contribution is 7.38. The SMILES string of the molecule is CPCCC(C)(CPC)CPC. The zero-order valence-electron chi connectivity index (χ0n) is 8.83. The van der Waals surface area contributed by atoms with E-state index in [2.05, 4.69) is 26.9 Å². The molecule has 12 heavy (non-hydrogen) atoms. The van der Waals surface area contributed by atoms with Crippen LogP contribution in [0.4, 0.5) is 0 Å². The van der Waals surface area contributed by atoms with Crippen molar-refractivity contribution in [3.05, 3.63) is 0 Å². The van der Waals surface area contributed by atoms with Crippen molar-refractivity contribution < 1.29 is 0 Å². The standard InChI is InChI=1S/C9H23P3/c1-9(7-11-3,8-12-4)5-6-10-2/h10-12H,5-8H2,1-4H3. The summed E-state index contributed by atoms with van der Waals surface area (Å²) in [5.74, 6) is 0. The van der Waals surface area contributed by atoms with Crippen molar-refractivity contribution in [3.8, 4) is 0 Å². The van der Waals surface area contributed by atoms with Crippen LogP contribution in [0.25, 0.3) is 0 Å². The van der Waals surface area contributed by atoms with E-state index in [9.17, 15) is 0 Å². The van der Waals surface area contributed by atoms with Crippen molar-refractivity contribution in [2.75, 3.05) is 38.5 Å². The molecule has 0 aliphatic rings. The Hall–Kier alpha value is 1.29. The van der Waals surface area contributed by atoms with Crippen LogP contribution in [0.5, 0.6) is 0 Å². The molecule has 0 saturated carbocycles. The van der Waals surface area contributed by atoms with Crippen LogP contribution in [0.2, 0.25) is 0 Å². The van der Waals surface area contributed by atoms with Gasteiger partial charge in [-0.1, -0.05) is 6.92 Å². The highest BCUT2D eigenvalue weighted by Gasteiger charge is 2.21. The summed E-state index contributed by atoms with van der Waals surface area (Å²) < 4.78 is 0. The Kier molecular flexibility index (Phi) is 8.50. The Bertz CT molecular complexity index is 97.9. The Balaban J connectivity index is 3.80. The minimum Gasteiger partial charge on any atom is -0.125 e. The molecule has 0 fully saturated rings. The van der Waals surface area contributed by atoms with Crippen LogP contribution in [0.1, 0.15) is 13.3 Å². The average molecular weight is 224 g/mol. The smallest absolute Gasteiger partial charge is 0.0249 e.